The second kappa shape index (κ2) is 2.53. The van der Waals surface area contributed by atoms with Gasteiger partial charge in [0.1, 0.15) is 0 Å². The molecule has 1 fully saturated rings. The molecule has 0 unspecified atom stereocenters. The molecule has 0 aromatic heterocycles. The van der Waals surface area contributed by atoms with E-state index in [-0.39, 0.29) is 12.5 Å². The number of nitrogens with one attached hydrogen (secondary N) is 1. The molecule has 0 saturated carbocycles. The van der Waals surface area contributed by atoms with E-state index in [2.05, 4.69) is 5.32 Å². The highest BCUT2D eigenvalue weighted by Gasteiger charge is 2.36. The summed E-state index contributed by atoms with van der Waals surface area (Å²) in [5, 5.41) is 11.3. The van der Waals surface area contributed by atoms with Crippen molar-refractivity contribution in [3.63, 3.8) is 0 Å². The van der Waals surface area contributed by atoms with Gasteiger partial charge in [0.25, 0.3) is 0 Å². The molecule has 1 heterocycles. The number of carboxylic acids is 1. The molecular weight excluding hydrogens is 146 g/mol. The van der Waals surface area contributed by atoms with Gasteiger partial charge in [0.15, 0.2) is 0 Å². The smallest absolute Gasteiger partial charge is 0.311 e. The lowest BCUT2D eigenvalue weighted by molar-refractivity contribution is -0.150. The minimum absolute atomic E-state index is 0.0521. The van der Waals surface area contributed by atoms with E-state index in [0.717, 1.165) is 0 Å². The maximum atomic E-state index is 10.7. The van der Waals surface area contributed by atoms with Gasteiger partial charge in [-0.15, -0.1) is 0 Å². The first-order chi connectivity index (χ1) is 5.04. The summed E-state index contributed by atoms with van der Waals surface area (Å²) in [7, 11) is 0. The normalized spacial score (nSPS) is 31.2. The molecule has 0 spiro atoms. The molecule has 1 rings (SSSR count). The van der Waals surface area contributed by atoms with Crippen LogP contribution in [0.15, 0.2) is 0 Å². The van der Waals surface area contributed by atoms with Crippen LogP contribution in [0.5, 0.6) is 0 Å². The lowest BCUT2D eigenvalue weighted by Gasteiger charge is -2.28. The van der Waals surface area contributed by atoms with Crippen LogP contribution in [0.2, 0.25) is 0 Å². The van der Waals surface area contributed by atoms with Crippen molar-refractivity contribution >= 4 is 11.9 Å². The second-order valence-electron chi connectivity index (χ2n) is 3.14. The van der Waals surface area contributed by atoms with E-state index in [4.69, 9.17) is 5.11 Å². The summed E-state index contributed by atoms with van der Waals surface area (Å²) >= 11 is 0. The zero-order valence-electron chi connectivity index (χ0n) is 6.39. The van der Waals surface area contributed by atoms with E-state index >= 15 is 0 Å². The molecule has 1 aliphatic rings. The number of hydrogen-bond donors (Lipinski definition) is 2. The van der Waals surface area contributed by atoms with Gasteiger partial charge in [0.05, 0.1) is 5.41 Å². The van der Waals surface area contributed by atoms with E-state index in [1.165, 1.54) is 0 Å². The van der Waals surface area contributed by atoms with E-state index in [1.54, 1.807) is 6.92 Å². The quantitative estimate of drug-likeness (QED) is 0.562. The molecule has 2 N–H and O–H groups in total. The Bertz CT molecular complexity index is 190. The van der Waals surface area contributed by atoms with Gasteiger partial charge in [-0.25, -0.2) is 0 Å². The summed E-state index contributed by atoms with van der Waals surface area (Å²) in [5.74, 6) is -0.888. The zero-order valence-corrected chi connectivity index (χ0v) is 6.39. The van der Waals surface area contributed by atoms with E-state index in [0.29, 0.717) is 12.8 Å². The highest BCUT2D eigenvalue weighted by atomic mass is 16.4. The molecule has 62 valence electrons. The van der Waals surface area contributed by atoms with Crippen molar-refractivity contribution in [1.82, 2.24) is 5.32 Å². The fourth-order valence-electron chi connectivity index (χ4n) is 1.04. The molecular formula is C7H11NO3. The second-order valence-corrected chi connectivity index (χ2v) is 3.14. The summed E-state index contributed by atoms with van der Waals surface area (Å²) in [6.45, 7) is 1.90. The topological polar surface area (TPSA) is 66.4 Å². The lowest BCUT2D eigenvalue weighted by atomic mass is 9.83. The highest BCUT2D eigenvalue weighted by molar-refractivity contribution is 5.82. The van der Waals surface area contributed by atoms with Gasteiger partial charge in [0, 0.05) is 13.0 Å². The first-order valence-corrected chi connectivity index (χ1v) is 3.55. The van der Waals surface area contributed by atoms with Crippen LogP contribution in [0.25, 0.3) is 0 Å². The molecule has 0 bridgehead atoms. The predicted octanol–water partition coefficient (Wildman–Crippen LogP) is -0.0127. The molecule has 0 aromatic carbocycles. The highest BCUT2D eigenvalue weighted by Crippen LogP contribution is 2.25. The first-order valence-electron chi connectivity index (χ1n) is 3.55. The Kier molecular flexibility index (Phi) is 1.85. The van der Waals surface area contributed by atoms with Gasteiger partial charge in [-0.1, -0.05) is 0 Å². The molecule has 4 heteroatoms. The maximum absolute atomic E-state index is 10.7. The number of piperidine rings is 1. The Morgan fingerprint density at radius 2 is 2.36 bits per heavy atom. The predicted molar refractivity (Wildman–Crippen MR) is 38.0 cm³/mol. The number of rotatable bonds is 1. The minimum atomic E-state index is -0.836. The van der Waals surface area contributed by atoms with Crippen molar-refractivity contribution in [2.45, 2.75) is 19.8 Å². The number of carbonyl (C=O) groups excluding carboxylic acids is 1. The van der Waals surface area contributed by atoms with Gasteiger partial charge in [0.2, 0.25) is 5.91 Å². The van der Waals surface area contributed by atoms with Crippen LogP contribution in [-0.2, 0) is 9.59 Å². The summed E-state index contributed by atoms with van der Waals surface area (Å²) in [6, 6.07) is 0. The summed E-state index contributed by atoms with van der Waals surface area (Å²) < 4.78 is 0. The van der Waals surface area contributed by atoms with Crippen molar-refractivity contribution in [3.05, 3.63) is 0 Å². The van der Waals surface area contributed by atoms with Crippen LogP contribution in [0, 0.1) is 5.41 Å². The molecule has 0 aliphatic carbocycles. The molecule has 1 aliphatic heterocycles. The summed E-state index contributed by atoms with van der Waals surface area (Å²) in [5.41, 5.74) is -0.756. The maximum Gasteiger partial charge on any atom is 0.311 e. The van der Waals surface area contributed by atoms with Crippen LogP contribution in [-0.4, -0.2) is 23.5 Å². The average molecular weight is 157 g/mol. The van der Waals surface area contributed by atoms with Crippen LogP contribution in [0.3, 0.4) is 0 Å². The Morgan fingerprint density at radius 3 is 2.73 bits per heavy atom. The van der Waals surface area contributed by atoms with Crippen LogP contribution < -0.4 is 5.32 Å². The van der Waals surface area contributed by atoms with Crippen molar-refractivity contribution < 1.29 is 14.7 Å². The third kappa shape index (κ3) is 1.50. The van der Waals surface area contributed by atoms with Crippen LogP contribution in [0.4, 0.5) is 0 Å². The Labute approximate surface area is 64.6 Å². The molecule has 1 saturated heterocycles. The third-order valence-corrected chi connectivity index (χ3v) is 2.10. The Balaban J connectivity index is 2.62. The largest absolute Gasteiger partial charge is 0.481 e. The molecule has 11 heavy (non-hydrogen) atoms. The summed E-state index contributed by atoms with van der Waals surface area (Å²) in [6.07, 6.45) is 0.761. The van der Waals surface area contributed by atoms with Gasteiger partial charge in [-0.3, -0.25) is 9.59 Å². The van der Waals surface area contributed by atoms with E-state index in [9.17, 15) is 9.59 Å². The monoisotopic (exact) mass is 157 g/mol. The fraction of sp³-hybridized carbons (Fsp3) is 0.714. The number of carboxylic acid groups (broad SMARTS) is 1. The minimum Gasteiger partial charge on any atom is -0.481 e. The van der Waals surface area contributed by atoms with Crippen molar-refractivity contribution in [2.75, 3.05) is 6.54 Å². The van der Waals surface area contributed by atoms with Crippen LogP contribution in [0.1, 0.15) is 19.8 Å². The Morgan fingerprint density at radius 1 is 1.73 bits per heavy atom. The lowest BCUT2D eigenvalue weighted by Crippen LogP contribution is -2.45. The van der Waals surface area contributed by atoms with E-state index in [1.807, 2.05) is 0 Å². The molecule has 0 radical (unpaired) electrons. The van der Waals surface area contributed by atoms with Crippen molar-refractivity contribution in [3.8, 4) is 0 Å². The Hall–Kier alpha value is -1.06. The third-order valence-electron chi connectivity index (χ3n) is 2.10. The average Bonchev–Trinajstić information content (AvgIpc) is 1.95. The fourth-order valence-corrected chi connectivity index (χ4v) is 1.04. The number of amides is 1. The van der Waals surface area contributed by atoms with Gasteiger partial charge >= 0.3 is 5.97 Å². The van der Waals surface area contributed by atoms with E-state index < -0.39 is 11.4 Å². The van der Waals surface area contributed by atoms with Crippen molar-refractivity contribution in [2.24, 2.45) is 5.41 Å². The SMILES string of the molecule is C[C@@]1(C(=O)O)CCC(=O)NC1. The number of hydrogen-bond acceptors (Lipinski definition) is 2. The van der Waals surface area contributed by atoms with Crippen molar-refractivity contribution in [1.29, 1.82) is 0 Å². The zero-order chi connectivity index (χ0) is 8.48. The number of aliphatic carboxylic acids is 1. The van der Waals surface area contributed by atoms with Gasteiger partial charge in [-0.05, 0) is 13.3 Å². The summed E-state index contributed by atoms with van der Waals surface area (Å²) in [4.78, 5) is 21.3. The number of carbonyl (C=O) groups is 2. The molecule has 1 amide bonds. The molecule has 0 aromatic rings. The standard InChI is InChI=1S/C7H11NO3/c1-7(6(10)11)3-2-5(9)8-4-7/h2-4H2,1H3,(H,8,9)(H,10,11)/t7-/m1/s1. The first kappa shape index (κ1) is 8.04. The molecule has 1 atom stereocenters. The van der Waals surface area contributed by atoms with Gasteiger partial charge in [-0.2, -0.15) is 0 Å². The van der Waals surface area contributed by atoms with Crippen LogP contribution >= 0.6 is 0 Å². The van der Waals surface area contributed by atoms with Gasteiger partial charge < -0.3 is 10.4 Å². The molecule has 4 nitrogen and oxygen atoms in total.